The van der Waals surface area contributed by atoms with E-state index in [1.807, 2.05) is 23.9 Å². The molecule has 0 aromatic heterocycles. The van der Waals surface area contributed by atoms with Crippen molar-refractivity contribution < 1.29 is 52.3 Å². The van der Waals surface area contributed by atoms with Crippen LogP contribution in [-0.2, 0) is 60.3 Å². The first-order chi connectivity index (χ1) is 32.9. The Labute approximate surface area is 406 Å². The molecule has 67 heavy (non-hydrogen) atoms. The number of nitrogens with zero attached hydrogens (tertiary/aromatic N) is 2. The number of halogens is 1. The van der Waals surface area contributed by atoms with Crippen LogP contribution < -0.4 is 20.9 Å². The number of hydrogen-bond acceptors (Lipinski definition) is 14. The minimum atomic E-state index is -0.379. The van der Waals surface area contributed by atoms with Gasteiger partial charge in [0.05, 0.1) is 105 Å². The number of fused-ring (bicyclic) bond motifs is 3. The minimum absolute atomic E-state index is 0.0384. The Hall–Kier alpha value is -3.49. The molecule has 3 aliphatic heterocycles. The van der Waals surface area contributed by atoms with E-state index in [-0.39, 0.29) is 36.6 Å². The molecule has 0 bridgehead atoms. The number of esters is 1. The molecule has 3 atom stereocenters. The normalized spacial score (nSPS) is 17.6. The quantitative estimate of drug-likeness (QED) is 0.0344. The average Bonchev–Trinajstić information content (AvgIpc) is 3.84. The molecular weight excluding hydrogens is 902 g/mol. The number of aryl methyl sites for hydroxylation is 2. The van der Waals surface area contributed by atoms with Crippen molar-refractivity contribution >= 4 is 52.6 Å². The summed E-state index contributed by atoms with van der Waals surface area (Å²) in [5.41, 5.74) is 5.18. The van der Waals surface area contributed by atoms with Crippen LogP contribution in [0.2, 0.25) is 5.02 Å². The number of thioether (sulfide) groups is 1. The summed E-state index contributed by atoms with van der Waals surface area (Å²) in [4.78, 5) is 40.3. The van der Waals surface area contributed by atoms with Crippen molar-refractivity contribution in [2.75, 3.05) is 143 Å². The summed E-state index contributed by atoms with van der Waals surface area (Å²) in [7, 11) is 2.06. The second-order valence-corrected chi connectivity index (χ2v) is 18.3. The number of ether oxygens (including phenoxy) is 8. The van der Waals surface area contributed by atoms with Gasteiger partial charge in [0.2, 0.25) is 5.91 Å². The van der Waals surface area contributed by atoms with Gasteiger partial charge in [-0.25, -0.2) is 9.59 Å². The number of carbonyl (C=O) groups excluding carboxylic acids is 3. The van der Waals surface area contributed by atoms with E-state index < -0.39 is 0 Å². The molecule has 2 fully saturated rings. The number of carbonyl (C=O) groups is 3. The van der Waals surface area contributed by atoms with Crippen molar-refractivity contribution in [3.63, 3.8) is 0 Å². The fraction of sp³-hybridized carbons (Fsp3) is 0.653. The zero-order valence-electron chi connectivity index (χ0n) is 39.4. The van der Waals surface area contributed by atoms with Gasteiger partial charge in [-0.3, -0.25) is 4.79 Å². The molecular formula is C49H74ClN5O11S. The molecule has 5 rings (SSSR count). The molecule has 0 saturated carbocycles. The summed E-state index contributed by atoms with van der Waals surface area (Å²) in [5, 5.41) is 10.0. The lowest BCUT2D eigenvalue weighted by atomic mass is 10.0. The predicted molar refractivity (Wildman–Crippen MR) is 262 cm³/mol. The zero-order chi connectivity index (χ0) is 47.2. The summed E-state index contributed by atoms with van der Waals surface area (Å²) < 4.78 is 43.9. The van der Waals surface area contributed by atoms with Crippen LogP contribution in [0.1, 0.15) is 49.7 Å². The smallest absolute Gasteiger partial charge is 0.330 e. The number of amides is 3. The summed E-state index contributed by atoms with van der Waals surface area (Å²) in [5.74, 6) is 0.615. The van der Waals surface area contributed by atoms with Gasteiger partial charge in [-0.05, 0) is 81.4 Å². The van der Waals surface area contributed by atoms with E-state index in [0.29, 0.717) is 117 Å². The fourth-order valence-electron chi connectivity index (χ4n) is 7.99. The molecule has 2 aromatic carbocycles. The number of benzene rings is 2. The van der Waals surface area contributed by atoms with Gasteiger partial charge < -0.3 is 63.6 Å². The number of para-hydroxylation sites is 1. The highest BCUT2D eigenvalue weighted by Crippen LogP contribution is 2.38. The third kappa shape index (κ3) is 21.8. The number of likely N-dealkylation sites (N-methyl/N-ethyl adjacent to an activating group) is 1. The maximum atomic E-state index is 12.1. The van der Waals surface area contributed by atoms with Crippen molar-refractivity contribution in [3.8, 4) is 0 Å². The van der Waals surface area contributed by atoms with Crippen LogP contribution in [0, 0.1) is 0 Å². The SMILES string of the molecule is CN(C/C=C/C(=O)OCCOCCOCCOCCOCCOCCOCCOCCNC(=O)CCCCC1SC[C@@H]2NC(=O)N[C@H]12)CCCCN1c2ccccc2CCc2ccc(Cl)cc21. The molecule has 1 unspecified atom stereocenters. The van der Waals surface area contributed by atoms with Gasteiger partial charge in [0.25, 0.3) is 0 Å². The molecule has 2 aromatic rings. The summed E-state index contributed by atoms with van der Waals surface area (Å²) in [6, 6.07) is 15.3. The fourth-order valence-corrected chi connectivity index (χ4v) is 9.70. The standard InChI is InChI=1S/C49H74ClN5O11S/c1-54(19-6-7-21-55-43-10-3-2-9-39(43)14-15-40-16-17-41(50)37-44(40)55)20-8-13-47(57)66-36-35-65-34-33-64-32-31-63-30-29-62-28-27-61-26-25-60-24-23-59-22-18-51-46(56)12-5-4-11-45-48-42(38-67-45)52-49(58)53-48/h2-3,8-10,13,16-17,37,42,45,48H,4-7,11-12,14-15,18-36,38H2,1H3,(H,51,56)(H2,52,53,58)/b13-8+/t42-,45?,48-/m0/s1. The topological polar surface area (TPSA) is 168 Å². The largest absolute Gasteiger partial charge is 0.460 e. The predicted octanol–water partition coefficient (Wildman–Crippen LogP) is 5.35. The number of hydrogen-bond donors (Lipinski definition) is 3. The Morgan fingerprint density at radius 3 is 2.04 bits per heavy atom. The highest BCUT2D eigenvalue weighted by molar-refractivity contribution is 8.00. The van der Waals surface area contributed by atoms with Crippen LogP contribution in [-0.4, -0.2) is 178 Å². The third-order valence-electron chi connectivity index (χ3n) is 11.5. The van der Waals surface area contributed by atoms with Gasteiger partial charge in [-0.1, -0.05) is 48.4 Å². The Bertz CT molecular complexity index is 1760. The van der Waals surface area contributed by atoms with E-state index in [0.717, 1.165) is 68.8 Å². The molecule has 3 heterocycles. The monoisotopic (exact) mass is 975 g/mol. The number of unbranched alkanes of at least 4 members (excludes halogenated alkanes) is 2. The lowest BCUT2D eigenvalue weighted by Gasteiger charge is -2.27. The zero-order valence-corrected chi connectivity index (χ0v) is 41.0. The highest BCUT2D eigenvalue weighted by atomic mass is 35.5. The molecule has 3 aliphatic rings. The Kier molecular flexibility index (Phi) is 26.9. The molecule has 16 nitrogen and oxygen atoms in total. The van der Waals surface area contributed by atoms with E-state index in [1.165, 1.54) is 28.6 Å². The molecule has 0 radical (unpaired) electrons. The number of rotatable bonds is 37. The van der Waals surface area contributed by atoms with Gasteiger partial charge in [0.1, 0.15) is 6.61 Å². The number of nitrogens with one attached hydrogen (secondary N) is 3. The van der Waals surface area contributed by atoms with Crippen molar-refractivity contribution in [1.82, 2.24) is 20.9 Å². The molecule has 0 aliphatic carbocycles. The molecule has 3 N–H and O–H groups in total. The van der Waals surface area contributed by atoms with E-state index >= 15 is 0 Å². The van der Waals surface area contributed by atoms with Crippen LogP contribution in [0.25, 0.3) is 0 Å². The number of anilines is 2. The average molecular weight is 977 g/mol. The second-order valence-electron chi connectivity index (χ2n) is 16.6. The van der Waals surface area contributed by atoms with Gasteiger partial charge in [0, 0.05) is 59.5 Å². The van der Waals surface area contributed by atoms with Crippen LogP contribution in [0.5, 0.6) is 0 Å². The van der Waals surface area contributed by atoms with Crippen LogP contribution in [0.4, 0.5) is 16.2 Å². The van der Waals surface area contributed by atoms with Gasteiger partial charge in [-0.2, -0.15) is 11.8 Å². The Morgan fingerprint density at radius 1 is 0.761 bits per heavy atom. The molecule has 18 heteroatoms. The van der Waals surface area contributed by atoms with E-state index in [4.69, 9.17) is 49.5 Å². The van der Waals surface area contributed by atoms with Crippen LogP contribution >= 0.6 is 23.4 Å². The molecule has 0 spiro atoms. The minimum Gasteiger partial charge on any atom is -0.460 e. The van der Waals surface area contributed by atoms with Gasteiger partial charge in [0.15, 0.2) is 0 Å². The summed E-state index contributed by atoms with van der Waals surface area (Å²) in [6.07, 6.45) is 10.7. The van der Waals surface area contributed by atoms with Crippen molar-refractivity contribution in [2.24, 2.45) is 0 Å². The van der Waals surface area contributed by atoms with Crippen molar-refractivity contribution in [2.45, 2.75) is 68.7 Å². The first-order valence-corrected chi connectivity index (χ1v) is 25.5. The van der Waals surface area contributed by atoms with E-state index in [2.05, 4.69) is 69.2 Å². The van der Waals surface area contributed by atoms with E-state index in [9.17, 15) is 14.4 Å². The number of urea groups is 1. The first kappa shape index (κ1) is 54.5. The molecule has 2 saturated heterocycles. The van der Waals surface area contributed by atoms with Crippen LogP contribution in [0.15, 0.2) is 54.6 Å². The second kappa shape index (κ2) is 33.1. The summed E-state index contributed by atoms with van der Waals surface area (Å²) in [6.45, 7) is 9.33. The first-order valence-electron chi connectivity index (χ1n) is 24.0. The van der Waals surface area contributed by atoms with Gasteiger partial charge >= 0.3 is 12.0 Å². The lowest BCUT2D eigenvalue weighted by molar-refractivity contribution is -0.139. The third-order valence-corrected chi connectivity index (χ3v) is 13.2. The summed E-state index contributed by atoms with van der Waals surface area (Å²) >= 11 is 8.32. The maximum Gasteiger partial charge on any atom is 0.330 e. The Balaban J connectivity index is 0.704. The van der Waals surface area contributed by atoms with Crippen LogP contribution in [0.3, 0.4) is 0 Å². The van der Waals surface area contributed by atoms with Gasteiger partial charge in [-0.15, -0.1) is 0 Å². The lowest BCUT2D eigenvalue weighted by Crippen LogP contribution is -2.36. The van der Waals surface area contributed by atoms with Crippen molar-refractivity contribution in [1.29, 1.82) is 0 Å². The molecule has 3 amide bonds. The van der Waals surface area contributed by atoms with E-state index in [1.54, 1.807) is 0 Å². The Morgan fingerprint density at radius 2 is 1.37 bits per heavy atom. The van der Waals surface area contributed by atoms with Crippen molar-refractivity contribution in [3.05, 3.63) is 70.8 Å². The highest BCUT2D eigenvalue weighted by Gasteiger charge is 2.42. The maximum absolute atomic E-state index is 12.1. The molecule has 374 valence electrons.